The Balaban J connectivity index is 1.80. The molecule has 1 fully saturated rings. The van der Waals surface area contributed by atoms with E-state index in [1.807, 2.05) is 11.9 Å². The summed E-state index contributed by atoms with van der Waals surface area (Å²) >= 11 is 5.85. The molecule has 1 aromatic heterocycles. The smallest absolute Gasteiger partial charge is 0.153 e. The number of halogens is 1. The number of rotatable bonds is 6. The summed E-state index contributed by atoms with van der Waals surface area (Å²) in [6.45, 7) is 2.34. The molecule has 0 bridgehead atoms. The van der Waals surface area contributed by atoms with E-state index < -0.39 is 0 Å². The summed E-state index contributed by atoms with van der Waals surface area (Å²) < 4.78 is 5.58. The maximum absolute atomic E-state index is 5.85. The molecule has 5 heteroatoms. The van der Waals surface area contributed by atoms with Crippen LogP contribution in [-0.4, -0.2) is 31.8 Å². The zero-order chi connectivity index (χ0) is 12.3. The average Bonchev–Trinajstić information content (AvgIpc) is 3.11. The van der Waals surface area contributed by atoms with E-state index in [4.69, 9.17) is 22.1 Å². The molecule has 1 aliphatic carbocycles. The van der Waals surface area contributed by atoms with Gasteiger partial charge in [0.2, 0.25) is 0 Å². The van der Waals surface area contributed by atoms with Gasteiger partial charge in [0, 0.05) is 20.2 Å². The quantitative estimate of drug-likeness (QED) is 0.625. The van der Waals surface area contributed by atoms with Crippen LogP contribution in [0.15, 0.2) is 12.1 Å². The van der Waals surface area contributed by atoms with Gasteiger partial charge < -0.3 is 15.4 Å². The van der Waals surface area contributed by atoms with E-state index in [2.05, 4.69) is 4.98 Å². The lowest BCUT2D eigenvalue weighted by atomic mass is 10.3. The lowest BCUT2D eigenvalue weighted by Crippen LogP contribution is -2.24. The molecule has 1 aliphatic rings. The Hall–Kier alpha value is -1.00. The van der Waals surface area contributed by atoms with Crippen LogP contribution >= 0.6 is 11.6 Å². The van der Waals surface area contributed by atoms with Crippen molar-refractivity contribution < 1.29 is 4.74 Å². The topological polar surface area (TPSA) is 51.4 Å². The van der Waals surface area contributed by atoms with Crippen molar-refractivity contribution in [2.75, 3.05) is 37.4 Å². The van der Waals surface area contributed by atoms with Crippen LogP contribution in [0.1, 0.15) is 12.8 Å². The van der Waals surface area contributed by atoms with Crippen molar-refractivity contribution in [3.8, 4) is 0 Å². The third-order valence-electron chi connectivity index (χ3n) is 2.85. The molecule has 0 unspecified atom stereocenters. The van der Waals surface area contributed by atoms with Gasteiger partial charge in [-0.3, -0.25) is 0 Å². The van der Waals surface area contributed by atoms with Gasteiger partial charge in [0.1, 0.15) is 5.15 Å². The molecule has 1 saturated carbocycles. The molecular formula is C12H18ClN3O. The number of likely N-dealkylation sites (N-methyl/N-ethyl adjacent to an activating group) is 1. The molecular weight excluding hydrogens is 238 g/mol. The number of nitrogen functional groups attached to an aromatic ring is 1. The second kappa shape index (κ2) is 5.56. The van der Waals surface area contributed by atoms with Crippen molar-refractivity contribution >= 4 is 23.1 Å². The lowest BCUT2D eigenvalue weighted by Gasteiger charge is -2.19. The Morgan fingerprint density at radius 2 is 2.29 bits per heavy atom. The Labute approximate surface area is 107 Å². The number of nitrogens with two attached hydrogens (primary N) is 1. The molecule has 0 saturated heterocycles. The van der Waals surface area contributed by atoms with Crippen LogP contribution in [-0.2, 0) is 4.74 Å². The lowest BCUT2D eigenvalue weighted by molar-refractivity contribution is 0.131. The highest BCUT2D eigenvalue weighted by Crippen LogP contribution is 2.28. The van der Waals surface area contributed by atoms with Gasteiger partial charge in [0.05, 0.1) is 12.3 Å². The number of anilines is 2. The van der Waals surface area contributed by atoms with Crippen LogP contribution in [0.25, 0.3) is 0 Å². The number of pyridine rings is 1. The fourth-order valence-corrected chi connectivity index (χ4v) is 1.73. The minimum Gasteiger partial charge on any atom is -0.396 e. The first-order chi connectivity index (χ1) is 8.16. The number of nitrogens with zero attached hydrogens (tertiary/aromatic N) is 2. The van der Waals surface area contributed by atoms with Crippen molar-refractivity contribution in [1.29, 1.82) is 0 Å². The highest BCUT2D eigenvalue weighted by Gasteiger charge is 2.21. The van der Waals surface area contributed by atoms with Crippen LogP contribution in [0, 0.1) is 5.92 Å². The first-order valence-corrected chi connectivity index (χ1v) is 6.25. The molecule has 0 aromatic carbocycles. The summed E-state index contributed by atoms with van der Waals surface area (Å²) in [4.78, 5) is 6.18. The molecule has 94 valence electrons. The molecule has 1 aromatic rings. The predicted octanol–water partition coefficient (Wildman–Crippen LogP) is 2.18. The summed E-state index contributed by atoms with van der Waals surface area (Å²) in [6, 6.07) is 3.46. The van der Waals surface area contributed by atoms with Gasteiger partial charge in [0.15, 0.2) is 5.82 Å². The third kappa shape index (κ3) is 3.75. The minimum atomic E-state index is 0.458. The molecule has 0 spiro atoms. The fraction of sp³-hybridized carbons (Fsp3) is 0.583. The van der Waals surface area contributed by atoms with E-state index >= 15 is 0 Å². The Morgan fingerprint density at radius 3 is 3.00 bits per heavy atom. The van der Waals surface area contributed by atoms with Crippen molar-refractivity contribution in [1.82, 2.24) is 4.98 Å². The van der Waals surface area contributed by atoms with Gasteiger partial charge in [-0.15, -0.1) is 0 Å². The molecule has 0 atom stereocenters. The van der Waals surface area contributed by atoms with Gasteiger partial charge in [-0.1, -0.05) is 11.6 Å². The summed E-state index contributed by atoms with van der Waals surface area (Å²) in [5.41, 5.74) is 6.49. The second-order valence-corrected chi connectivity index (χ2v) is 4.87. The molecule has 2 rings (SSSR count). The zero-order valence-electron chi connectivity index (χ0n) is 10.0. The first kappa shape index (κ1) is 12.5. The maximum Gasteiger partial charge on any atom is 0.153 e. The van der Waals surface area contributed by atoms with Gasteiger partial charge in [-0.2, -0.15) is 0 Å². The highest BCUT2D eigenvalue weighted by molar-refractivity contribution is 6.29. The molecule has 1 heterocycles. The minimum absolute atomic E-state index is 0.458. The van der Waals surface area contributed by atoms with Crippen LogP contribution in [0.2, 0.25) is 5.15 Å². The molecule has 17 heavy (non-hydrogen) atoms. The van der Waals surface area contributed by atoms with E-state index in [1.54, 1.807) is 12.1 Å². The standard InChI is InChI=1S/C12H18ClN3O/c1-16(6-7-17-8-9-2-3-9)12-10(14)4-5-11(13)15-12/h4-5,9H,2-3,6-8,14H2,1H3. The number of ether oxygens (including phenoxy) is 1. The molecule has 0 aliphatic heterocycles. The number of hydrogen-bond donors (Lipinski definition) is 1. The second-order valence-electron chi connectivity index (χ2n) is 4.49. The third-order valence-corrected chi connectivity index (χ3v) is 3.06. The van der Waals surface area contributed by atoms with Gasteiger partial charge in [0.25, 0.3) is 0 Å². The SMILES string of the molecule is CN(CCOCC1CC1)c1nc(Cl)ccc1N. The predicted molar refractivity (Wildman–Crippen MR) is 70.5 cm³/mol. The van der Waals surface area contributed by atoms with Crippen LogP contribution in [0.3, 0.4) is 0 Å². The maximum atomic E-state index is 5.85. The largest absolute Gasteiger partial charge is 0.396 e. The summed E-state index contributed by atoms with van der Waals surface area (Å²) in [5, 5.41) is 0.458. The number of aromatic nitrogens is 1. The Kier molecular flexibility index (Phi) is 4.07. The van der Waals surface area contributed by atoms with Gasteiger partial charge in [-0.05, 0) is 30.9 Å². The summed E-state index contributed by atoms with van der Waals surface area (Å²) in [5.74, 6) is 1.52. The van der Waals surface area contributed by atoms with Crippen molar-refractivity contribution in [3.05, 3.63) is 17.3 Å². The van der Waals surface area contributed by atoms with Gasteiger partial charge >= 0.3 is 0 Å². The Bertz CT molecular complexity index is 382. The van der Waals surface area contributed by atoms with Crippen LogP contribution < -0.4 is 10.6 Å². The molecule has 0 amide bonds. The average molecular weight is 256 g/mol. The Morgan fingerprint density at radius 1 is 1.53 bits per heavy atom. The van der Waals surface area contributed by atoms with Crippen LogP contribution in [0.5, 0.6) is 0 Å². The summed E-state index contributed by atoms with van der Waals surface area (Å²) in [7, 11) is 1.94. The van der Waals surface area contributed by atoms with Crippen molar-refractivity contribution in [3.63, 3.8) is 0 Å². The molecule has 4 nitrogen and oxygen atoms in total. The molecule has 0 radical (unpaired) electrons. The number of hydrogen-bond acceptors (Lipinski definition) is 4. The fourth-order valence-electron chi connectivity index (χ4n) is 1.58. The van der Waals surface area contributed by atoms with E-state index in [0.29, 0.717) is 23.3 Å². The highest BCUT2D eigenvalue weighted by atomic mass is 35.5. The first-order valence-electron chi connectivity index (χ1n) is 5.87. The van der Waals surface area contributed by atoms with E-state index in [-0.39, 0.29) is 0 Å². The van der Waals surface area contributed by atoms with Gasteiger partial charge in [-0.25, -0.2) is 4.98 Å². The van der Waals surface area contributed by atoms with Crippen molar-refractivity contribution in [2.45, 2.75) is 12.8 Å². The van der Waals surface area contributed by atoms with E-state index in [0.717, 1.165) is 19.1 Å². The zero-order valence-corrected chi connectivity index (χ0v) is 10.8. The van der Waals surface area contributed by atoms with Crippen LogP contribution in [0.4, 0.5) is 11.5 Å². The summed E-state index contributed by atoms with van der Waals surface area (Å²) in [6.07, 6.45) is 2.64. The normalized spacial score (nSPS) is 14.9. The monoisotopic (exact) mass is 255 g/mol. The molecule has 2 N–H and O–H groups in total. The van der Waals surface area contributed by atoms with Crippen molar-refractivity contribution in [2.24, 2.45) is 5.92 Å². The van der Waals surface area contributed by atoms with E-state index in [9.17, 15) is 0 Å². The van der Waals surface area contributed by atoms with E-state index in [1.165, 1.54) is 12.8 Å².